The molecule has 2 unspecified atom stereocenters. The molecule has 25 heavy (non-hydrogen) atoms. The highest BCUT2D eigenvalue weighted by Gasteiger charge is 2.37. The van der Waals surface area contributed by atoms with E-state index in [9.17, 15) is 14.7 Å². The molecule has 5 nitrogen and oxygen atoms in total. The van der Waals surface area contributed by atoms with Crippen molar-refractivity contribution in [3.63, 3.8) is 0 Å². The minimum absolute atomic E-state index is 0.0729. The maximum Gasteiger partial charge on any atom is 0.307 e. The van der Waals surface area contributed by atoms with Crippen LogP contribution in [-0.4, -0.2) is 47.0 Å². The third kappa shape index (κ3) is 3.99. The average Bonchev–Trinajstić information content (AvgIpc) is 2.60. The lowest BCUT2D eigenvalue weighted by Gasteiger charge is -2.34. The van der Waals surface area contributed by atoms with Crippen molar-refractivity contribution in [1.29, 1.82) is 0 Å². The zero-order valence-electron chi connectivity index (χ0n) is 14.4. The van der Waals surface area contributed by atoms with Crippen molar-refractivity contribution in [2.45, 2.75) is 25.4 Å². The van der Waals surface area contributed by atoms with Crippen LogP contribution in [0.4, 0.5) is 0 Å². The molecule has 0 amide bonds. The van der Waals surface area contributed by atoms with E-state index in [1.165, 1.54) is 0 Å². The number of hydrogen-bond acceptors (Lipinski definition) is 4. The number of hydrogen-bond donors (Lipinski definition) is 1. The number of allylic oxidation sites excluding steroid dienone is 2. The molecule has 3 rings (SSSR count). The van der Waals surface area contributed by atoms with E-state index >= 15 is 0 Å². The molecule has 1 aliphatic carbocycles. The van der Waals surface area contributed by atoms with Crippen molar-refractivity contribution in [2.24, 2.45) is 5.92 Å². The molecule has 1 saturated heterocycles. The number of ketones is 1. The third-order valence-electron chi connectivity index (χ3n) is 4.78. The van der Waals surface area contributed by atoms with Crippen LogP contribution in [0.15, 0.2) is 54.1 Å². The molecule has 1 fully saturated rings. The van der Waals surface area contributed by atoms with Gasteiger partial charge in [-0.25, -0.2) is 0 Å². The lowest BCUT2D eigenvalue weighted by Crippen LogP contribution is -2.46. The van der Waals surface area contributed by atoms with E-state index in [0.717, 1.165) is 13.0 Å². The Morgan fingerprint density at radius 3 is 2.84 bits per heavy atom. The molecule has 1 aromatic carbocycles. The summed E-state index contributed by atoms with van der Waals surface area (Å²) in [6.45, 7) is 3.52. The number of para-hydroxylation sites is 1. The monoisotopic (exact) mass is 341 g/mol. The standard InChI is InChI=1S/C20H23NO4/c1-20(25-17-9-3-2-4-10-17)11-5-7-15(18(20)22)13-21-12-6-8-16(14-21)19(23)24/h2-5,7,9-11,16H,6,8,12-14H2,1H3,(H,23,24). The second-order valence-electron chi connectivity index (χ2n) is 6.81. The number of piperidine rings is 1. The van der Waals surface area contributed by atoms with Crippen LogP contribution in [0.25, 0.3) is 0 Å². The van der Waals surface area contributed by atoms with Gasteiger partial charge in [-0.3, -0.25) is 14.5 Å². The number of carbonyl (C=O) groups excluding carboxylic acids is 1. The molecule has 0 radical (unpaired) electrons. The summed E-state index contributed by atoms with van der Waals surface area (Å²) in [7, 11) is 0. The summed E-state index contributed by atoms with van der Waals surface area (Å²) >= 11 is 0. The molecule has 0 saturated carbocycles. The smallest absolute Gasteiger partial charge is 0.307 e. The molecule has 0 bridgehead atoms. The van der Waals surface area contributed by atoms with Gasteiger partial charge in [0, 0.05) is 18.7 Å². The molecule has 0 spiro atoms. The Hall–Kier alpha value is -2.40. The first-order chi connectivity index (χ1) is 12.0. The second kappa shape index (κ2) is 7.23. The largest absolute Gasteiger partial charge is 0.481 e. The Kier molecular flexibility index (Phi) is 5.04. The van der Waals surface area contributed by atoms with Gasteiger partial charge < -0.3 is 9.84 Å². The highest BCUT2D eigenvalue weighted by atomic mass is 16.5. The molecule has 1 aromatic rings. The molecule has 0 aromatic heterocycles. The first kappa shape index (κ1) is 17.4. The summed E-state index contributed by atoms with van der Waals surface area (Å²) < 4.78 is 5.94. The number of likely N-dealkylation sites (tertiary alicyclic amines) is 1. The molecular formula is C20H23NO4. The number of ether oxygens (including phenoxy) is 1. The molecular weight excluding hydrogens is 318 g/mol. The third-order valence-corrected chi connectivity index (χ3v) is 4.78. The van der Waals surface area contributed by atoms with Crippen LogP contribution in [-0.2, 0) is 9.59 Å². The SMILES string of the molecule is CC1(Oc2ccccc2)C=CC=C(CN2CCCC(C(=O)O)C2)C1=O. The van der Waals surface area contributed by atoms with Crippen LogP contribution >= 0.6 is 0 Å². The molecule has 132 valence electrons. The van der Waals surface area contributed by atoms with Gasteiger partial charge in [-0.15, -0.1) is 0 Å². The lowest BCUT2D eigenvalue weighted by atomic mass is 9.88. The predicted octanol–water partition coefficient (Wildman–Crippen LogP) is 2.69. The number of rotatable bonds is 5. The summed E-state index contributed by atoms with van der Waals surface area (Å²) in [5, 5.41) is 9.22. The Morgan fingerprint density at radius 1 is 1.36 bits per heavy atom. The van der Waals surface area contributed by atoms with Gasteiger partial charge in [0.2, 0.25) is 5.78 Å². The van der Waals surface area contributed by atoms with Gasteiger partial charge in [-0.2, -0.15) is 0 Å². The number of Topliss-reactive ketones (excluding diaryl/α,β-unsaturated/α-hetero) is 1. The normalized spacial score (nSPS) is 27.0. The number of carboxylic acid groups (broad SMARTS) is 1. The van der Waals surface area contributed by atoms with Crippen molar-refractivity contribution in [2.75, 3.05) is 19.6 Å². The van der Waals surface area contributed by atoms with Crippen LogP contribution in [0.2, 0.25) is 0 Å². The number of benzene rings is 1. The summed E-state index contributed by atoms with van der Waals surface area (Å²) in [6, 6.07) is 9.28. The first-order valence-corrected chi connectivity index (χ1v) is 8.60. The molecule has 1 N–H and O–H groups in total. The van der Waals surface area contributed by atoms with Crippen LogP contribution < -0.4 is 4.74 Å². The fourth-order valence-electron chi connectivity index (χ4n) is 3.40. The van der Waals surface area contributed by atoms with E-state index in [2.05, 4.69) is 0 Å². The van der Waals surface area contributed by atoms with E-state index < -0.39 is 11.6 Å². The van der Waals surface area contributed by atoms with E-state index in [4.69, 9.17) is 4.74 Å². The summed E-state index contributed by atoms with van der Waals surface area (Å²) in [6.07, 6.45) is 6.96. The maximum absolute atomic E-state index is 13.0. The second-order valence-corrected chi connectivity index (χ2v) is 6.81. The van der Waals surface area contributed by atoms with E-state index in [0.29, 0.717) is 30.8 Å². The number of carbonyl (C=O) groups is 2. The van der Waals surface area contributed by atoms with Crippen molar-refractivity contribution < 1.29 is 19.4 Å². The Morgan fingerprint density at radius 2 is 2.12 bits per heavy atom. The predicted molar refractivity (Wildman–Crippen MR) is 94.5 cm³/mol. The van der Waals surface area contributed by atoms with E-state index in [1.54, 1.807) is 13.0 Å². The number of carboxylic acids is 1. The highest BCUT2D eigenvalue weighted by Crippen LogP contribution is 2.27. The topological polar surface area (TPSA) is 66.8 Å². The summed E-state index contributed by atoms with van der Waals surface area (Å²) in [5.74, 6) is -0.536. The van der Waals surface area contributed by atoms with Crippen molar-refractivity contribution in [3.8, 4) is 5.75 Å². The van der Waals surface area contributed by atoms with E-state index in [1.807, 2.05) is 47.4 Å². The molecule has 5 heteroatoms. The Labute approximate surface area is 147 Å². The van der Waals surface area contributed by atoms with Crippen molar-refractivity contribution >= 4 is 11.8 Å². The quantitative estimate of drug-likeness (QED) is 0.892. The fourth-order valence-corrected chi connectivity index (χ4v) is 3.40. The number of aliphatic carboxylic acids is 1. The lowest BCUT2D eigenvalue weighted by molar-refractivity contribution is -0.143. The fraction of sp³-hybridized carbons (Fsp3) is 0.400. The van der Waals surface area contributed by atoms with Gasteiger partial charge in [0.05, 0.1) is 5.92 Å². The average molecular weight is 341 g/mol. The summed E-state index contributed by atoms with van der Waals surface area (Å²) in [5.41, 5.74) is -0.375. The minimum Gasteiger partial charge on any atom is -0.481 e. The zero-order chi connectivity index (χ0) is 17.9. The minimum atomic E-state index is -1.03. The van der Waals surface area contributed by atoms with Crippen LogP contribution in [0.5, 0.6) is 5.75 Å². The molecule has 2 atom stereocenters. The van der Waals surface area contributed by atoms with Gasteiger partial charge in [-0.05, 0) is 44.5 Å². The van der Waals surface area contributed by atoms with Crippen LogP contribution in [0, 0.1) is 5.92 Å². The van der Waals surface area contributed by atoms with Crippen molar-refractivity contribution in [1.82, 2.24) is 4.90 Å². The summed E-state index contributed by atoms with van der Waals surface area (Å²) in [4.78, 5) is 26.2. The van der Waals surface area contributed by atoms with Gasteiger partial charge in [0.25, 0.3) is 0 Å². The Balaban J connectivity index is 1.69. The maximum atomic E-state index is 13.0. The van der Waals surface area contributed by atoms with Gasteiger partial charge in [0.15, 0.2) is 5.60 Å². The van der Waals surface area contributed by atoms with Crippen LogP contribution in [0.3, 0.4) is 0 Å². The Bertz CT molecular complexity index is 710. The van der Waals surface area contributed by atoms with Gasteiger partial charge in [0.1, 0.15) is 5.75 Å². The van der Waals surface area contributed by atoms with Gasteiger partial charge >= 0.3 is 5.97 Å². The zero-order valence-corrected chi connectivity index (χ0v) is 14.4. The first-order valence-electron chi connectivity index (χ1n) is 8.60. The van der Waals surface area contributed by atoms with Crippen LogP contribution in [0.1, 0.15) is 19.8 Å². The van der Waals surface area contributed by atoms with Crippen molar-refractivity contribution in [3.05, 3.63) is 54.1 Å². The molecule has 1 aliphatic heterocycles. The molecule has 1 heterocycles. The highest BCUT2D eigenvalue weighted by molar-refractivity contribution is 6.05. The molecule has 2 aliphatic rings. The van der Waals surface area contributed by atoms with Gasteiger partial charge in [-0.1, -0.05) is 30.4 Å². The van der Waals surface area contributed by atoms with E-state index in [-0.39, 0.29) is 11.7 Å². The number of nitrogens with zero attached hydrogens (tertiary/aromatic N) is 1.